The van der Waals surface area contributed by atoms with E-state index in [1.54, 1.807) is 0 Å². The number of fused-ring (bicyclic) bond motifs is 9. The van der Waals surface area contributed by atoms with Crippen molar-refractivity contribution in [2.24, 2.45) is 0 Å². The predicted octanol–water partition coefficient (Wildman–Crippen LogP) is 23.3. The van der Waals surface area contributed by atoms with Crippen LogP contribution in [0.4, 0.5) is 0 Å². The van der Waals surface area contributed by atoms with E-state index in [0.717, 1.165) is 230 Å². The van der Waals surface area contributed by atoms with Gasteiger partial charge in [-0.15, -0.1) is 0 Å². The molecule has 13 N–H and O–H groups in total. The number of rotatable bonds is 9. The first-order chi connectivity index (χ1) is 59.3. The van der Waals surface area contributed by atoms with E-state index in [0.29, 0.717) is 25.0 Å². The highest BCUT2D eigenvalue weighted by atomic mass is 32.2. The molecule has 0 fully saturated rings. The second-order valence-electron chi connectivity index (χ2n) is 29.9. The zero-order valence-corrected chi connectivity index (χ0v) is 71.9. The molecule has 0 spiro atoms. The quantitative estimate of drug-likeness (QED) is 0.0597. The largest absolute Gasteiger partial charge is 0.342 e. The molecular formula is C98H113N19O12S4. The Morgan fingerprint density at radius 3 is 0.827 bits per heavy atom. The molecule has 0 unspecified atom stereocenters. The topological polar surface area (TPSA) is 488 Å². The number of benzene rings is 11. The lowest BCUT2D eigenvalue weighted by molar-refractivity contribution is 0.488. The minimum Gasteiger partial charge on any atom is -0.342 e. The predicted molar refractivity (Wildman–Crippen MR) is 545 cm³/mol. The number of aromatic amines is 9. The number of nitrogens with zero attached hydrogens (tertiary/aromatic N) is 10. The molecule has 0 radical (unpaired) electrons. The van der Waals surface area contributed by atoms with Crippen LogP contribution in [0.5, 0.6) is 0 Å². The molecule has 11 aromatic carbocycles. The van der Waals surface area contributed by atoms with E-state index >= 15 is 0 Å². The molecule has 0 atom stereocenters. The molecule has 0 aliphatic rings. The number of H-pyrrole nitrogens is 9. The van der Waals surface area contributed by atoms with Crippen molar-refractivity contribution >= 4 is 140 Å². The summed E-state index contributed by atoms with van der Waals surface area (Å²) in [4.78, 5) is 77.3. The number of imidazole rings is 9. The van der Waals surface area contributed by atoms with Crippen LogP contribution >= 0.6 is 0 Å². The summed E-state index contributed by atoms with van der Waals surface area (Å²) in [6, 6.07) is 77.5. The molecule has 0 bridgehead atoms. The molecule has 10 aromatic heterocycles. The lowest BCUT2D eigenvalue weighted by atomic mass is 10.0. The molecule has 10 heterocycles. The van der Waals surface area contributed by atoms with Crippen molar-refractivity contribution in [2.45, 2.75) is 101 Å². The van der Waals surface area contributed by atoms with Gasteiger partial charge in [0.05, 0.1) is 124 Å². The molecule has 0 aliphatic heterocycles. The van der Waals surface area contributed by atoms with E-state index in [1.807, 2.05) is 65.1 Å². The van der Waals surface area contributed by atoms with E-state index in [4.69, 9.17) is 38.1 Å². The fourth-order valence-corrected chi connectivity index (χ4v) is 14.0. The molecule has 0 amide bonds. The lowest BCUT2D eigenvalue weighted by Gasteiger charge is -2.04. The highest BCUT2D eigenvalue weighted by Gasteiger charge is 2.17. The second kappa shape index (κ2) is 43.0. The van der Waals surface area contributed by atoms with E-state index < -0.39 is 40.5 Å². The van der Waals surface area contributed by atoms with Crippen molar-refractivity contribution in [3.05, 3.63) is 265 Å². The summed E-state index contributed by atoms with van der Waals surface area (Å²) in [6.07, 6.45) is 4.72. The zero-order valence-electron chi connectivity index (χ0n) is 68.6. The molecule has 0 aliphatic carbocycles. The van der Waals surface area contributed by atoms with Gasteiger partial charge in [0, 0.05) is 28.5 Å². The maximum absolute atomic E-state index is 9.19. The van der Waals surface area contributed by atoms with Crippen LogP contribution in [0, 0.1) is 41.5 Å². The maximum atomic E-state index is 9.19. The van der Waals surface area contributed by atoms with Gasteiger partial charge in [-0.25, -0.2) is 44.9 Å². The molecule has 0 saturated carbocycles. The standard InChI is InChI=1S/C41H29N9.C29H22N6.C16H14N4.4CH4O3S.8CH4/c1-22-3-12-34(42-21-22)41-47-33-16-11-29(20-38(33)50-41)28-10-15-32-37(19-28)49-40(46-32)25-6-4-24(5-7-25)39-45-31-14-9-27(18-36(31)48-39)26-8-13-30-35(17-26)44-23(2)43-30;1-16-30-23-9-6-19(13-26(23)32-16)18-4-3-5-22(12-18)29-34-25-11-8-21(15-28(25)35-29)20-7-10-24-27(14-20)33-17(2)31-24;1-9-4-3-5-11(6-9)16-19-14-7-12-13(8-15(14)20-16)18-10(2)17-12;4*1-5(2,3)4;;;;;;;;/h3-21H,1-2H3,(H,43,44)(H,45,48)(H,46,49)(H,47,50);3-15H,1-2H3,(H,30,32)(H,31,33)(H,34,35);3-8H,1-2H3,(H,17,18)(H,19,20);4*1H3,(H,2,3,4);8*1H4. The van der Waals surface area contributed by atoms with Crippen molar-refractivity contribution in [1.82, 2.24) is 94.7 Å². The van der Waals surface area contributed by atoms with Crippen molar-refractivity contribution in [2.75, 3.05) is 25.0 Å². The summed E-state index contributed by atoms with van der Waals surface area (Å²) < 4.78 is 103. The van der Waals surface area contributed by atoms with Gasteiger partial charge >= 0.3 is 0 Å². The molecule has 0 saturated heterocycles. The Labute approximate surface area is 773 Å². The third-order valence-electron chi connectivity index (χ3n) is 19.3. The number of pyridine rings is 1. The van der Waals surface area contributed by atoms with Crippen LogP contribution in [-0.4, -0.2) is 172 Å². The Morgan fingerprint density at radius 2 is 0.459 bits per heavy atom. The fraction of sp³-hybridized carbons (Fsp3) is 0.184. The summed E-state index contributed by atoms with van der Waals surface area (Å²) in [7, 11) is -14.7. The van der Waals surface area contributed by atoms with Gasteiger partial charge in [0.2, 0.25) is 0 Å². The molecular weight excluding hydrogens is 1760 g/mol. The van der Waals surface area contributed by atoms with Gasteiger partial charge in [-0.1, -0.05) is 174 Å². The van der Waals surface area contributed by atoms with E-state index in [-0.39, 0.29) is 59.4 Å². The summed E-state index contributed by atoms with van der Waals surface area (Å²) in [6.45, 7) is 12.0. The first kappa shape index (κ1) is 105. The van der Waals surface area contributed by atoms with Crippen LogP contribution in [0.2, 0.25) is 0 Å². The van der Waals surface area contributed by atoms with Crippen LogP contribution in [0.1, 0.15) is 93.8 Å². The molecule has 21 aromatic rings. The summed E-state index contributed by atoms with van der Waals surface area (Å²) in [5.41, 5.74) is 34.0. The maximum Gasteiger partial charge on any atom is 0.261 e. The van der Waals surface area contributed by atoms with Gasteiger partial charge in [0.15, 0.2) is 5.82 Å². The van der Waals surface area contributed by atoms with Gasteiger partial charge in [0.25, 0.3) is 40.5 Å². The van der Waals surface area contributed by atoms with Crippen molar-refractivity contribution in [3.8, 4) is 102 Å². The van der Waals surface area contributed by atoms with Crippen molar-refractivity contribution in [1.29, 1.82) is 0 Å². The van der Waals surface area contributed by atoms with Gasteiger partial charge in [-0.05, 0) is 207 Å². The number of aromatic nitrogens is 19. The SMILES string of the molecule is C.C.C.C.C.C.C.C.CS(=O)(=O)O.CS(=O)(=O)O.CS(=O)(=O)O.CS(=O)(=O)O.Cc1ccc(-c2nc3cc(-c4ccc5nc(-c6ccc(-c7nc8cc(-c9ccc%10nc(C)[nH]c%10c9)ccc8[nH]7)cc6)[nH]c5c4)ccc3[nH]2)nc1.Cc1cccc(-c2nc3cc4nc(C)[nH]c4cc3[nH]2)c1.Cc1nc2ccc(-c3cccc(-c4nc5ccc(-c6ccc7nc(C)[nH]c7c6)cc5[nH]4)c3)cc2[nH]1. The summed E-state index contributed by atoms with van der Waals surface area (Å²) in [5, 5.41) is 0. The summed E-state index contributed by atoms with van der Waals surface area (Å²) in [5.74, 6) is 7.85. The average molecular weight is 1880 g/mol. The van der Waals surface area contributed by atoms with Crippen LogP contribution in [0.15, 0.2) is 231 Å². The zero-order chi connectivity index (χ0) is 88.6. The average Bonchev–Trinajstić information content (AvgIpc) is 1.63. The highest BCUT2D eigenvalue weighted by molar-refractivity contribution is 7.85. The monoisotopic (exact) mass is 1880 g/mol. The Bertz CT molecular complexity index is 7950. The minimum atomic E-state index is -3.67. The number of hydrogen-bond donors (Lipinski definition) is 13. The smallest absolute Gasteiger partial charge is 0.261 e. The van der Waals surface area contributed by atoms with E-state index in [1.165, 1.54) is 5.56 Å². The second-order valence-corrected chi connectivity index (χ2v) is 35.8. The van der Waals surface area contributed by atoms with Crippen molar-refractivity contribution < 1.29 is 51.9 Å². The molecule has 21 rings (SSSR count). The molecule has 31 nitrogen and oxygen atoms in total. The first-order valence-electron chi connectivity index (χ1n) is 38.4. The Kier molecular flexibility index (Phi) is 34.1. The first-order valence-corrected chi connectivity index (χ1v) is 45.8. The number of nitrogens with one attached hydrogen (secondary N) is 9. The molecule has 696 valence electrons. The van der Waals surface area contributed by atoms with Gasteiger partial charge in [0.1, 0.15) is 52.3 Å². The van der Waals surface area contributed by atoms with Crippen LogP contribution in [0.25, 0.3) is 201 Å². The van der Waals surface area contributed by atoms with Crippen LogP contribution in [-0.2, 0) is 40.5 Å². The normalized spacial score (nSPS) is 11.0. The number of hydrogen-bond acceptors (Lipinski definition) is 18. The van der Waals surface area contributed by atoms with Gasteiger partial charge < -0.3 is 44.9 Å². The molecule has 133 heavy (non-hydrogen) atoms. The lowest BCUT2D eigenvalue weighted by Crippen LogP contribution is -1.88. The van der Waals surface area contributed by atoms with Crippen LogP contribution < -0.4 is 0 Å². The van der Waals surface area contributed by atoms with E-state index in [9.17, 15) is 33.7 Å². The van der Waals surface area contributed by atoms with Gasteiger partial charge in [-0.2, -0.15) is 33.7 Å². The number of aryl methyl sites for hydroxylation is 6. The Balaban J connectivity index is 0.000000253. The fourth-order valence-electron chi connectivity index (χ4n) is 14.0. The Morgan fingerprint density at radius 1 is 0.211 bits per heavy atom. The highest BCUT2D eigenvalue weighted by Crippen LogP contribution is 2.36. The van der Waals surface area contributed by atoms with E-state index in [2.05, 4.69) is 282 Å². The Hall–Kier alpha value is -14.6. The minimum absolute atomic E-state index is 0. The molecule has 35 heteroatoms. The van der Waals surface area contributed by atoms with Gasteiger partial charge in [-0.3, -0.25) is 23.2 Å². The van der Waals surface area contributed by atoms with Crippen molar-refractivity contribution in [3.63, 3.8) is 0 Å². The third kappa shape index (κ3) is 27.1. The third-order valence-corrected chi connectivity index (χ3v) is 19.3. The summed E-state index contributed by atoms with van der Waals surface area (Å²) >= 11 is 0. The van der Waals surface area contributed by atoms with Crippen LogP contribution in [0.3, 0.4) is 0 Å².